The summed E-state index contributed by atoms with van der Waals surface area (Å²) in [6, 6.07) is 5.42. The molecule has 0 atom stereocenters. The second-order valence-corrected chi connectivity index (χ2v) is 5.12. The lowest BCUT2D eigenvalue weighted by atomic mass is 10.2. The Hall–Kier alpha value is -2.72. The fourth-order valence-electron chi connectivity index (χ4n) is 2.20. The van der Waals surface area contributed by atoms with Crippen molar-refractivity contribution in [1.82, 2.24) is 10.2 Å². The molecule has 0 saturated carbocycles. The summed E-state index contributed by atoms with van der Waals surface area (Å²) in [5, 5.41) is 2.58. The Balaban J connectivity index is 2.85. The first-order valence-electron chi connectivity index (χ1n) is 7.83. The molecule has 0 bridgehead atoms. The average molecular weight is 348 g/mol. The van der Waals surface area contributed by atoms with Gasteiger partial charge in [-0.3, -0.25) is 14.5 Å². The summed E-state index contributed by atoms with van der Waals surface area (Å²) in [6.07, 6.45) is 5.13. The highest BCUT2D eigenvalue weighted by molar-refractivity contribution is 5.79. The topological polar surface area (TPSA) is 77.1 Å². The Labute approximate surface area is 148 Å². The van der Waals surface area contributed by atoms with Crippen molar-refractivity contribution in [3.8, 4) is 23.8 Å². The van der Waals surface area contributed by atoms with E-state index in [2.05, 4.69) is 11.2 Å². The molecule has 1 aromatic carbocycles. The average Bonchev–Trinajstić information content (AvgIpc) is 2.59. The Morgan fingerprint density at radius 3 is 2.52 bits per heavy atom. The SMILES string of the molecule is C#CCNC(=O)CN(CC(=O)OCC)Cc1ccc(OC)c(OC)c1. The smallest absolute Gasteiger partial charge is 0.320 e. The highest BCUT2D eigenvalue weighted by Crippen LogP contribution is 2.28. The lowest BCUT2D eigenvalue weighted by Crippen LogP contribution is -2.40. The Bertz CT molecular complexity index is 624. The molecule has 1 rings (SSSR count). The molecule has 1 N–H and O–H groups in total. The predicted molar refractivity (Wildman–Crippen MR) is 93.3 cm³/mol. The van der Waals surface area contributed by atoms with Crippen molar-refractivity contribution in [3.63, 3.8) is 0 Å². The zero-order valence-electron chi connectivity index (χ0n) is 14.8. The van der Waals surface area contributed by atoms with Gasteiger partial charge in [-0.15, -0.1) is 6.42 Å². The van der Waals surface area contributed by atoms with Crippen LogP contribution in [-0.4, -0.2) is 57.2 Å². The number of amides is 1. The molecule has 7 nitrogen and oxygen atoms in total. The molecule has 7 heteroatoms. The predicted octanol–water partition coefficient (Wildman–Crippen LogP) is 0.818. The molecule has 0 aromatic heterocycles. The first-order valence-corrected chi connectivity index (χ1v) is 7.83. The molecule has 25 heavy (non-hydrogen) atoms. The molecule has 1 aromatic rings. The van der Waals surface area contributed by atoms with Crippen molar-refractivity contribution in [3.05, 3.63) is 23.8 Å². The monoisotopic (exact) mass is 348 g/mol. The van der Waals surface area contributed by atoms with E-state index in [1.807, 2.05) is 6.07 Å². The second kappa shape index (κ2) is 10.9. The first kappa shape index (κ1) is 20.3. The lowest BCUT2D eigenvalue weighted by Gasteiger charge is -2.21. The Morgan fingerprint density at radius 2 is 1.92 bits per heavy atom. The normalized spacial score (nSPS) is 10.0. The Morgan fingerprint density at radius 1 is 1.20 bits per heavy atom. The summed E-state index contributed by atoms with van der Waals surface area (Å²) in [5.41, 5.74) is 0.867. The van der Waals surface area contributed by atoms with E-state index >= 15 is 0 Å². The number of benzene rings is 1. The van der Waals surface area contributed by atoms with Crippen molar-refractivity contribution in [2.45, 2.75) is 13.5 Å². The van der Waals surface area contributed by atoms with E-state index < -0.39 is 5.97 Å². The largest absolute Gasteiger partial charge is 0.493 e. The number of nitrogens with one attached hydrogen (secondary N) is 1. The zero-order chi connectivity index (χ0) is 18.7. The summed E-state index contributed by atoms with van der Waals surface area (Å²) in [6.45, 7) is 2.54. The van der Waals surface area contributed by atoms with Gasteiger partial charge in [-0.05, 0) is 24.6 Å². The van der Waals surface area contributed by atoms with E-state index in [4.69, 9.17) is 20.6 Å². The minimum absolute atomic E-state index is 0.00828. The highest BCUT2D eigenvalue weighted by Gasteiger charge is 2.16. The number of ether oxygens (including phenoxy) is 3. The number of nitrogens with zero attached hydrogens (tertiary/aromatic N) is 1. The van der Waals surface area contributed by atoms with Crippen LogP contribution >= 0.6 is 0 Å². The quantitative estimate of drug-likeness (QED) is 0.498. The molecule has 0 fully saturated rings. The van der Waals surface area contributed by atoms with E-state index in [-0.39, 0.29) is 32.1 Å². The maximum absolute atomic E-state index is 11.9. The summed E-state index contributed by atoms with van der Waals surface area (Å²) < 4.78 is 15.4. The standard InChI is InChI=1S/C18H24N2O5/c1-5-9-19-17(21)12-20(13-18(22)25-6-2)11-14-7-8-15(23-3)16(10-14)24-4/h1,7-8,10H,6,9,11-13H2,2-4H3,(H,19,21). The van der Waals surface area contributed by atoms with Crippen molar-refractivity contribution in [1.29, 1.82) is 0 Å². The van der Waals surface area contributed by atoms with Crippen molar-refractivity contribution in [2.24, 2.45) is 0 Å². The maximum atomic E-state index is 11.9. The van der Waals surface area contributed by atoms with Crippen LogP contribution in [0, 0.1) is 12.3 Å². The summed E-state index contributed by atoms with van der Waals surface area (Å²) in [7, 11) is 3.10. The molecule has 0 saturated heterocycles. The fraction of sp³-hybridized carbons (Fsp3) is 0.444. The van der Waals surface area contributed by atoms with Crippen LogP contribution in [0.3, 0.4) is 0 Å². The van der Waals surface area contributed by atoms with Gasteiger partial charge in [-0.2, -0.15) is 0 Å². The summed E-state index contributed by atoms with van der Waals surface area (Å²) in [5.74, 6) is 2.86. The lowest BCUT2D eigenvalue weighted by molar-refractivity contribution is -0.144. The van der Waals surface area contributed by atoms with Crippen LogP contribution in [0.4, 0.5) is 0 Å². The molecule has 0 aliphatic carbocycles. The van der Waals surface area contributed by atoms with Crippen LogP contribution in [0.1, 0.15) is 12.5 Å². The Kier molecular flexibility index (Phi) is 8.90. The number of methoxy groups -OCH3 is 2. The van der Waals surface area contributed by atoms with Gasteiger partial charge in [-0.1, -0.05) is 12.0 Å². The maximum Gasteiger partial charge on any atom is 0.320 e. The van der Waals surface area contributed by atoms with Crippen LogP contribution in [-0.2, 0) is 20.9 Å². The van der Waals surface area contributed by atoms with Crippen molar-refractivity contribution < 1.29 is 23.8 Å². The van der Waals surface area contributed by atoms with Gasteiger partial charge < -0.3 is 19.5 Å². The van der Waals surface area contributed by atoms with Gasteiger partial charge >= 0.3 is 5.97 Å². The van der Waals surface area contributed by atoms with Crippen LogP contribution < -0.4 is 14.8 Å². The molecular weight excluding hydrogens is 324 g/mol. The molecule has 0 spiro atoms. The van der Waals surface area contributed by atoms with E-state index in [1.54, 1.807) is 38.2 Å². The molecular formula is C18H24N2O5. The molecule has 0 aliphatic heterocycles. The van der Waals surface area contributed by atoms with E-state index in [1.165, 1.54) is 0 Å². The molecule has 0 unspecified atom stereocenters. The van der Waals surface area contributed by atoms with Gasteiger partial charge in [-0.25, -0.2) is 0 Å². The number of terminal acetylenes is 1. The van der Waals surface area contributed by atoms with Gasteiger partial charge in [0, 0.05) is 6.54 Å². The van der Waals surface area contributed by atoms with Crippen molar-refractivity contribution >= 4 is 11.9 Å². The van der Waals surface area contributed by atoms with Gasteiger partial charge in [0.15, 0.2) is 11.5 Å². The molecule has 0 heterocycles. The van der Waals surface area contributed by atoms with E-state index in [0.717, 1.165) is 5.56 Å². The third-order valence-electron chi connectivity index (χ3n) is 3.27. The van der Waals surface area contributed by atoms with E-state index in [9.17, 15) is 9.59 Å². The van der Waals surface area contributed by atoms with Gasteiger partial charge in [0.25, 0.3) is 0 Å². The second-order valence-electron chi connectivity index (χ2n) is 5.12. The highest BCUT2D eigenvalue weighted by atomic mass is 16.5. The third-order valence-corrected chi connectivity index (χ3v) is 3.27. The number of rotatable bonds is 10. The molecule has 0 aliphatic rings. The number of carbonyl (C=O) groups is 2. The third kappa shape index (κ3) is 7.14. The molecule has 136 valence electrons. The number of esters is 1. The van der Waals surface area contributed by atoms with Crippen molar-refractivity contribution in [2.75, 3.05) is 40.5 Å². The van der Waals surface area contributed by atoms with Gasteiger partial charge in [0.1, 0.15) is 0 Å². The van der Waals surface area contributed by atoms with E-state index in [0.29, 0.717) is 18.0 Å². The molecule has 0 radical (unpaired) electrons. The minimum Gasteiger partial charge on any atom is -0.493 e. The number of hydrogen-bond acceptors (Lipinski definition) is 6. The van der Waals surface area contributed by atoms with Crippen LogP contribution in [0.25, 0.3) is 0 Å². The number of hydrogen-bond donors (Lipinski definition) is 1. The first-order chi connectivity index (χ1) is 12.0. The van der Waals surface area contributed by atoms with Gasteiger partial charge in [0.05, 0.1) is 40.5 Å². The van der Waals surface area contributed by atoms with Crippen LogP contribution in [0.2, 0.25) is 0 Å². The number of carbonyl (C=O) groups excluding carboxylic acids is 2. The van der Waals surface area contributed by atoms with Gasteiger partial charge in [0.2, 0.25) is 5.91 Å². The molecule has 1 amide bonds. The fourth-order valence-corrected chi connectivity index (χ4v) is 2.20. The van der Waals surface area contributed by atoms with Crippen LogP contribution in [0.15, 0.2) is 18.2 Å². The summed E-state index contributed by atoms with van der Waals surface area (Å²) in [4.78, 5) is 25.4. The zero-order valence-corrected chi connectivity index (χ0v) is 14.8. The summed E-state index contributed by atoms with van der Waals surface area (Å²) >= 11 is 0. The minimum atomic E-state index is -0.396. The van der Waals surface area contributed by atoms with Crippen LogP contribution in [0.5, 0.6) is 11.5 Å².